The first-order valence-electron chi connectivity index (χ1n) is 8.06. The maximum absolute atomic E-state index is 12.1. The Morgan fingerprint density at radius 3 is 2.43 bits per heavy atom. The molecule has 21 heavy (non-hydrogen) atoms. The number of allylic oxidation sites excluding steroid dienone is 5. The van der Waals surface area contributed by atoms with Crippen LogP contribution >= 0.6 is 0 Å². The van der Waals surface area contributed by atoms with E-state index in [9.17, 15) is 4.79 Å². The van der Waals surface area contributed by atoms with Gasteiger partial charge in [-0.05, 0) is 48.8 Å². The Hall–Kier alpha value is -0.893. The average molecular weight is 305 g/mol. The van der Waals surface area contributed by atoms with Crippen LogP contribution in [0.4, 0.5) is 0 Å². The van der Waals surface area contributed by atoms with Crippen LogP contribution in [0, 0.1) is 11.3 Å². The molecular formula is C19H32OSi. The summed E-state index contributed by atoms with van der Waals surface area (Å²) < 4.78 is 0. The van der Waals surface area contributed by atoms with Crippen LogP contribution in [0.25, 0.3) is 0 Å². The van der Waals surface area contributed by atoms with Gasteiger partial charge in [0, 0.05) is 14.5 Å². The van der Waals surface area contributed by atoms with Gasteiger partial charge in [-0.3, -0.25) is 4.79 Å². The van der Waals surface area contributed by atoms with E-state index >= 15 is 0 Å². The Bertz CT molecular complexity index is 490. The van der Waals surface area contributed by atoms with Crippen LogP contribution in [0.1, 0.15) is 40.5 Å². The van der Waals surface area contributed by atoms with Gasteiger partial charge in [0.25, 0.3) is 0 Å². The molecule has 1 nitrogen and oxygen atoms in total. The highest BCUT2D eigenvalue weighted by molar-refractivity contribution is 6.76. The van der Waals surface area contributed by atoms with Gasteiger partial charge in [0.2, 0.25) is 0 Å². The van der Waals surface area contributed by atoms with Crippen LogP contribution in [0.2, 0.25) is 25.7 Å². The van der Waals surface area contributed by atoms with Gasteiger partial charge >= 0.3 is 0 Å². The fourth-order valence-electron chi connectivity index (χ4n) is 3.58. The van der Waals surface area contributed by atoms with Crippen molar-refractivity contribution in [3.8, 4) is 0 Å². The molecule has 0 aromatic carbocycles. The Labute approximate surface area is 132 Å². The lowest BCUT2D eigenvalue weighted by Gasteiger charge is -2.42. The molecule has 0 aromatic heterocycles. The Balaban J connectivity index is 3.18. The summed E-state index contributed by atoms with van der Waals surface area (Å²) in [5.41, 5.74) is 3.68. The average Bonchev–Trinajstić information content (AvgIpc) is 2.35. The van der Waals surface area contributed by atoms with Gasteiger partial charge in [-0.15, -0.1) is 0 Å². The lowest BCUT2D eigenvalue weighted by Crippen LogP contribution is -2.36. The fraction of sp³-hybridized carbons (Fsp3) is 0.632. The molecule has 0 N–H and O–H groups in total. The summed E-state index contributed by atoms with van der Waals surface area (Å²) in [6, 6.07) is 1.24. The molecular weight excluding hydrogens is 272 g/mol. The molecule has 2 atom stereocenters. The molecule has 0 saturated carbocycles. The SMILES string of the molecule is C=CC1=C(C)C(=O)C[C@@H](C)[C@]1(C)C/C(=C/C)C[Si](C)(C)C. The van der Waals surface area contributed by atoms with Crippen molar-refractivity contribution in [1.29, 1.82) is 0 Å². The molecule has 118 valence electrons. The molecule has 0 bridgehead atoms. The van der Waals surface area contributed by atoms with Gasteiger partial charge in [-0.1, -0.05) is 57.8 Å². The largest absolute Gasteiger partial charge is 0.295 e. The van der Waals surface area contributed by atoms with Gasteiger partial charge in [0.05, 0.1) is 0 Å². The predicted octanol–water partition coefficient (Wildman–Crippen LogP) is 5.78. The van der Waals surface area contributed by atoms with Crippen molar-refractivity contribution in [3.63, 3.8) is 0 Å². The lowest BCUT2D eigenvalue weighted by atomic mass is 9.62. The highest BCUT2D eigenvalue weighted by Crippen LogP contribution is 2.48. The molecule has 2 heteroatoms. The minimum atomic E-state index is -1.12. The van der Waals surface area contributed by atoms with Gasteiger partial charge in [-0.2, -0.15) is 0 Å². The summed E-state index contributed by atoms with van der Waals surface area (Å²) in [5.74, 6) is 0.667. The molecule has 0 aromatic rings. The van der Waals surface area contributed by atoms with Crippen molar-refractivity contribution < 1.29 is 4.79 Å². The summed E-state index contributed by atoms with van der Waals surface area (Å²) in [5, 5.41) is 0. The second kappa shape index (κ2) is 6.47. The van der Waals surface area contributed by atoms with Gasteiger partial charge in [0.1, 0.15) is 0 Å². The third-order valence-electron chi connectivity index (χ3n) is 4.98. The van der Waals surface area contributed by atoms with E-state index in [1.807, 2.05) is 13.0 Å². The van der Waals surface area contributed by atoms with E-state index in [0.29, 0.717) is 18.1 Å². The van der Waals surface area contributed by atoms with Gasteiger partial charge < -0.3 is 0 Å². The van der Waals surface area contributed by atoms with Crippen molar-refractivity contribution in [1.82, 2.24) is 0 Å². The molecule has 1 rings (SSSR count). The second-order valence-electron chi connectivity index (χ2n) is 8.05. The summed E-state index contributed by atoms with van der Waals surface area (Å²) in [6.45, 7) is 19.9. The fourth-order valence-corrected chi connectivity index (χ4v) is 5.27. The second-order valence-corrected chi connectivity index (χ2v) is 13.5. The molecule has 1 aliphatic rings. The number of rotatable bonds is 5. The molecule has 1 aliphatic carbocycles. The topological polar surface area (TPSA) is 17.1 Å². The molecule has 0 aliphatic heterocycles. The van der Waals surface area contributed by atoms with Crippen LogP contribution in [0.15, 0.2) is 35.5 Å². The van der Waals surface area contributed by atoms with E-state index in [0.717, 1.165) is 12.0 Å². The lowest BCUT2D eigenvalue weighted by molar-refractivity contribution is -0.118. The normalized spacial score (nSPS) is 28.0. The summed E-state index contributed by atoms with van der Waals surface area (Å²) in [4.78, 5) is 12.1. The quantitative estimate of drug-likeness (QED) is 0.465. The highest BCUT2D eigenvalue weighted by Gasteiger charge is 2.41. The molecule has 0 fully saturated rings. The zero-order valence-corrected chi connectivity index (χ0v) is 16.0. The monoisotopic (exact) mass is 304 g/mol. The maximum Gasteiger partial charge on any atom is 0.159 e. The third kappa shape index (κ3) is 4.06. The smallest absolute Gasteiger partial charge is 0.159 e. The zero-order valence-electron chi connectivity index (χ0n) is 15.0. The Morgan fingerprint density at radius 1 is 1.43 bits per heavy atom. The summed E-state index contributed by atoms with van der Waals surface area (Å²) in [7, 11) is -1.12. The van der Waals surface area contributed by atoms with E-state index in [1.54, 1.807) is 5.57 Å². The maximum atomic E-state index is 12.1. The van der Waals surface area contributed by atoms with E-state index in [2.05, 4.69) is 53.1 Å². The van der Waals surface area contributed by atoms with Crippen LogP contribution < -0.4 is 0 Å². The van der Waals surface area contributed by atoms with Crippen LogP contribution in [0.3, 0.4) is 0 Å². The predicted molar refractivity (Wildman–Crippen MR) is 96.3 cm³/mol. The summed E-state index contributed by atoms with van der Waals surface area (Å²) in [6.07, 6.45) is 5.94. The van der Waals surface area contributed by atoms with Crippen LogP contribution in [-0.2, 0) is 4.79 Å². The van der Waals surface area contributed by atoms with Gasteiger partial charge in [-0.25, -0.2) is 0 Å². The zero-order chi connectivity index (χ0) is 16.4. The number of ketones is 1. The molecule has 0 radical (unpaired) electrons. The van der Waals surface area contributed by atoms with E-state index in [1.165, 1.54) is 11.6 Å². The van der Waals surface area contributed by atoms with Crippen LogP contribution in [0.5, 0.6) is 0 Å². The molecule has 0 heterocycles. The van der Waals surface area contributed by atoms with Crippen molar-refractivity contribution in [2.75, 3.05) is 0 Å². The highest BCUT2D eigenvalue weighted by atomic mass is 28.3. The van der Waals surface area contributed by atoms with E-state index in [-0.39, 0.29) is 5.41 Å². The minimum Gasteiger partial charge on any atom is -0.295 e. The number of Topliss-reactive ketones (excluding diaryl/α,β-unsaturated/α-hetero) is 1. The minimum absolute atomic E-state index is 0.0429. The molecule has 0 spiro atoms. The first-order valence-corrected chi connectivity index (χ1v) is 11.8. The molecule has 0 unspecified atom stereocenters. The van der Waals surface area contributed by atoms with Crippen molar-refractivity contribution >= 4 is 13.9 Å². The number of hydrogen-bond acceptors (Lipinski definition) is 1. The molecule has 0 amide bonds. The first-order chi connectivity index (χ1) is 9.55. The molecule has 0 saturated heterocycles. The summed E-state index contributed by atoms with van der Waals surface area (Å²) >= 11 is 0. The van der Waals surface area contributed by atoms with Gasteiger partial charge in [0.15, 0.2) is 5.78 Å². The number of hydrogen-bond donors (Lipinski definition) is 0. The van der Waals surface area contributed by atoms with Crippen LogP contribution in [-0.4, -0.2) is 13.9 Å². The standard InChI is InChI=1S/C19H32OSi/c1-9-16(13-21(6,7)8)12-19(5)14(3)11-18(20)15(4)17(19)10-2/h9-10,14H,2,11-13H2,1,3-8H3/b16-9-/t14-,19+/m1/s1. The number of carbonyl (C=O) groups is 1. The first kappa shape index (κ1) is 18.2. The number of carbonyl (C=O) groups excluding carboxylic acids is 1. The van der Waals surface area contributed by atoms with E-state index < -0.39 is 8.07 Å². The third-order valence-corrected chi connectivity index (χ3v) is 6.50. The Kier molecular flexibility index (Phi) is 5.60. The van der Waals surface area contributed by atoms with Crippen molar-refractivity contribution in [3.05, 3.63) is 35.5 Å². The van der Waals surface area contributed by atoms with Crippen molar-refractivity contribution in [2.24, 2.45) is 11.3 Å². The van der Waals surface area contributed by atoms with E-state index in [4.69, 9.17) is 0 Å². The van der Waals surface area contributed by atoms with Crippen molar-refractivity contribution in [2.45, 2.75) is 66.2 Å². The Morgan fingerprint density at radius 2 is 2.00 bits per heavy atom.